The van der Waals surface area contributed by atoms with E-state index in [9.17, 15) is 0 Å². The van der Waals surface area contributed by atoms with Crippen molar-refractivity contribution in [3.8, 4) is 0 Å². The molecule has 0 N–H and O–H groups in total. The molecule has 14 heavy (non-hydrogen) atoms. The van der Waals surface area contributed by atoms with E-state index < -0.39 is 0 Å². The molecular weight excluding hydrogens is 174 g/mol. The topological polar surface area (TPSA) is 12.5 Å². The van der Waals surface area contributed by atoms with Gasteiger partial charge in [-0.25, -0.2) is 0 Å². The van der Waals surface area contributed by atoms with Crippen LogP contribution in [-0.4, -0.2) is 32.2 Å². The molecule has 0 saturated heterocycles. The van der Waals surface area contributed by atoms with Crippen LogP contribution in [0.3, 0.4) is 0 Å². The van der Waals surface area contributed by atoms with Gasteiger partial charge < -0.3 is 9.64 Å². The molecule has 0 amide bonds. The second-order valence-electron chi connectivity index (χ2n) is 3.59. The lowest BCUT2D eigenvalue weighted by Crippen LogP contribution is -2.20. The van der Waals surface area contributed by atoms with Gasteiger partial charge in [0.2, 0.25) is 0 Å². The Morgan fingerprint density at radius 1 is 1.57 bits per heavy atom. The molecule has 0 aromatic rings. The number of likely N-dealkylation sites (N-methyl/N-ethyl adjacent to an activating group) is 1. The molecule has 0 radical (unpaired) electrons. The summed E-state index contributed by atoms with van der Waals surface area (Å²) in [6.07, 6.45) is 9.77. The summed E-state index contributed by atoms with van der Waals surface area (Å²) in [6, 6.07) is 0. The Morgan fingerprint density at radius 3 is 3.00 bits per heavy atom. The fourth-order valence-corrected chi connectivity index (χ4v) is 1.56. The second-order valence-corrected chi connectivity index (χ2v) is 3.59. The Labute approximate surface area is 86.6 Å². The fourth-order valence-electron chi connectivity index (χ4n) is 1.56. The highest BCUT2D eigenvalue weighted by Gasteiger charge is 2.06. The zero-order chi connectivity index (χ0) is 10.4. The molecule has 0 aromatic heterocycles. The van der Waals surface area contributed by atoms with Crippen molar-refractivity contribution in [1.82, 2.24) is 4.90 Å². The first-order valence-electron chi connectivity index (χ1n) is 5.03. The molecule has 0 atom stereocenters. The van der Waals surface area contributed by atoms with Gasteiger partial charge in [0.25, 0.3) is 0 Å². The van der Waals surface area contributed by atoms with E-state index in [0.29, 0.717) is 0 Å². The van der Waals surface area contributed by atoms with E-state index in [4.69, 9.17) is 4.74 Å². The molecule has 1 aliphatic heterocycles. The summed E-state index contributed by atoms with van der Waals surface area (Å²) in [5.41, 5.74) is 2.58. The standard InChI is InChI=1S/C12H19NO/c1-4-5-6-11-7-12(10-14-3)9-13(2)8-11/h5-8H,4,9-10H2,1-3H3/b6-5+. The third-order valence-electron chi connectivity index (χ3n) is 2.07. The molecule has 0 aliphatic carbocycles. The van der Waals surface area contributed by atoms with E-state index in [1.807, 2.05) is 0 Å². The molecule has 0 unspecified atom stereocenters. The fraction of sp³-hybridized carbons (Fsp3) is 0.500. The van der Waals surface area contributed by atoms with Crippen LogP contribution in [0.4, 0.5) is 0 Å². The molecule has 1 heterocycles. The Kier molecular flexibility index (Phi) is 4.47. The zero-order valence-electron chi connectivity index (χ0n) is 9.29. The Hall–Kier alpha value is -1.02. The predicted molar refractivity (Wildman–Crippen MR) is 60.1 cm³/mol. The number of nitrogens with zero attached hydrogens (tertiary/aromatic N) is 1. The smallest absolute Gasteiger partial charge is 0.0693 e. The van der Waals surface area contributed by atoms with Crippen LogP contribution in [0.1, 0.15) is 13.3 Å². The van der Waals surface area contributed by atoms with Crippen molar-refractivity contribution < 1.29 is 4.74 Å². The third kappa shape index (κ3) is 3.38. The van der Waals surface area contributed by atoms with E-state index in [1.165, 1.54) is 11.1 Å². The average Bonchev–Trinajstić information content (AvgIpc) is 2.14. The van der Waals surface area contributed by atoms with Crippen LogP contribution in [0.15, 0.2) is 35.6 Å². The summed E-state index contributed by atoms with van der Waals surface area (Å²) >= 11 is 0. The summed E-state index contributed by atoms with van der Waals surface area (Å²) in [4.78, 5) is 2.18. The molecule has 1 rings (SSSR count). The van der Waals surface area contributed by atoms with Gasteiger partial charge in [-0.15, -0.1) is 0 Å². The third-order valence-corrected chi connectivity index (χ3v) is 2.07. The van der Waals surface area contributed by atoms with Gasteiger partial charge in [0, 0.05) is 26.9 Å². The number of hydrogen-bond donors (Lipinski definition) is 0. The maximum atomic E-state index is 5.14. The lowest BCUT2D eigenvalue weighted by atomic mass is 10.1. The number of ether oxygens (including phenoxy) is 1. The molecule has 2 nitrogen and oxygen atoms in total. The number of allylic oxidation sites excluding steroid dienone is 4. The first-order valence-corrected chi connectivity index (χ1v) is 5.03. The lowest BCUT2D eigenvalue weighted by molar-refractivity contribution is 0.219. The van der Waals surface area contributed by atoms with E-state index in [2.05, 4.69) is 43.3 Å². The van der Waals surface area contributed by atoms with Crippen molar-refractivity contribution in [1.29, 1.82) is 0 Å². The van der Waals surface area contributed by atoms with Crippen LogP contribution < -0.4 is 0 Å². The highest BCUT2D eigenvalue weighted by Crippen LogP contribution is 2.13. The SMILES string of the molecule is CC/C=C/C1=CN(C)CC(COC)=C1. The average molecular weight is 193 g/mol. The van der Waals surface area contributed by atoms with Gasteiger partial charge in [-0.05, 0) is 17.6 Å². The quantitative estimate of drug-likeness (QED) is 0.679. The minimum absolute atomic E-state index is 0.724. The maximum Gasteiger partial charge on any atom is 0.0693 e. The van der Waals surface area contributed by atoms with E-state index in [1.54, 1.807) is 7.11 Å². The molecule has 2 heteroatoms. The molecule has 0 saturated carbocycles. The van der Waals surface area contributed by atoms with E-state index >= 15 is 0 Å². The summed E-state index contributed by atoms with van der Waals surface area (Å²) in [5.74, 6) is 0. The molecule has 0 fully saturated rings. The summed E-state index contributed by atoms with van der Waals surface area (Å²) in [5, 5.41) is 0. The van der Waals surface area contributed by atoms with Gasteiger partial charge in [-0.2, -0.15) is 0 Å². The van der Waals surface area contributed by atoms with Crippen LogP contribution >= 0.6 is 0 Å². The van der Waals surface area contributed by atoms with Gasteiger partial charge in [-0.3, -0.25) is 0 Å². The van der Waals surface area contributed by atoms with Crippen molar-refractivity contribution in [2.24, 2.45) is 0 Å². The number of hydrogen-bond acceptors (Lipinski definition) is 2. The highest BCUT2D eigenvalue weighted by molar-refractivity contribution is 5.36. The van der Waals surface area contributed by atoms with Crippen LogP contribution in [-0.2, 0) is 4.74 Å². The Bertz CT molecular complexity index is 263. The van der Waals surface area contributed by atoms with Crippen LogP contribution in [0.25, 0.3) is 0 Å². The lowest BCUT2D eigenvalue weighted by Gasteiger charge is -2.21. The van der Waals surface area contributed by atoms with Crippen LogP contribution in [0.2, 0.25) is 0 Å². The Morgan fingerprint density at radius 2 is 2.36 bits per heavy atom. The van der Waals surface area contributed by atoms with Crippen molar-refractivity contribution >= 4 is 0 Å². The minimum atomic E-state index is 0.724. The number of methoxy groups -OCH3 is 1. The van der Waals surface area contributed by atoms with Crippen molar-refractivity contribution in [2.45, 2.75) is 13.3 Å². The first kappa shape index (κ1) is 11.1. The van der Waals surface area contributed by atoms with Gasteiger partial charge in [0.05, 0.1) is 6.61 Å². The van der Waals surface area contributed by atoms with Crippen LogP contribution in [0.5, 0.6) is 0 Å². The number of rotatable bonds is 4. The monoisotopic (exact) mass is 193 g/mol. The highest BCUT2D eigenvalue weighted by atomic mass is 16.5. The van der Waals surface area contributed by atoms with Gasteiger partial charge in [-0.1, -0.05) is 25.2 Å². The van der Waals surface area contributed by atoms with Gasteiger partial charge >= 0.3 is 0 Å². The summed E-state index contributed by atoms with van der Waals surface area (Å²) in [6.45, 7) is 3.84. The molecule has 78 valence electrons. The first-order chi connectivity index (χ1) is 6.76. The maximum absolute atomic E-state index is 5.14. The van der Waals surface area contributed by atoms with Crippen molar-refractivity contribution in [3.05, 3.63) is 35.6 Å². The molecule has 0 bridgehead atoms. The molecule has 0 spiro atoms. The summed E-state index contributed by atoms with van der Waals surface area (Å²) in [7, 11) is 3.82. The predicted octanol–water partition coefficient (Wildman–Crippen LogP) is 2.35. The van der Waals surface area contributed by atoms with Gasteiger partial charge in [0.15, 0.2) is 0 Å². The normalized spacial score (nSPS) is 17.2. The van der Waals surface area contributed by atoms with E-state index in [-0.39, 0.29) is 0 Å². The summed E-state index contributed by atoms with van der Waals surface area (Å²) < 4.78 is 5.14. The van der Waals surface area contributed by atoms with Crippen molar-refractivity contribution in [3.63, 3.8) is 0 Å². The van der Waals surface area contributed by atoms with Crippen LogP contribution in [0, 0.1) is 0 Å². The van der Waals surface area contributed by atoms with Gasteiger partial charge in [0.1, 0.15) is 0 Å². The molecule has 0 aromatic carbocycles. The second kappa shape index (κ2) is 5.66. The molecule has 1 aliphatic rings. The largest absolute Gasteiger partial charge is 0.380 e. The van der Waals surface area contributed by atoms with E-state index in [0.717, 1.165) is 19.6 Å². The zero-order valence-corrected chi connectivity index (χ0v) is 9.29. The molecular formula is C12H19NO. The minimum Gasteiger partial charge on any atom is -0.380 e. The Balaban J connectivity index is 2.68. The van der Waals surface area contributed by atoms with Crippen molar-refractivity contribution in [2.75, 3.05) is 27.3 Å².